The Morgan fingerprint density at radius 1 is 1.25 bits per heavy atom. The monoisotopic (exact) mass is 397 g/mol. The Morgan fingerprint density at radius 3 is 2.64 bits per heavy atom. The predicted octanol–water partition coefficient (Wildman–Crippen LogP) is 2.44. The van der Waals surface area contributed by atoms with E-state index in [0.717, 1.165) is 27.3 Å². The molecule has 7 nitrogen and oxygen atoms in total. The van der Waals surface area contributed by atoms with E-state index in [1.54, 1.807) is 0 Å². The summed E-state index contributed by atoms with van der Waals surface area (Å²) >= 11 is 1.33. The number of carbonyl (C=O) groups excluding carboxylic acids is 3. The van der Waals surface area contributed by atoms with Crippen LogP contribution < -0.4 is 10.1 Å². The zero-order valence-corrected chi connectivity index (χ0v) is 16.1. The molecule has 28 heavy (non-hydrogen) atoms. The largest absolute Gasteiger partial charge is 0.494 e. The highest BCUT2D eigenvalue weighted by Gasteiger charge is 2.59. The minimum atomic E-state index is -0.411. The lowest BCUT2D eigenvalue weighted by Crippen LogP contribution is -2.39. The normalized spacial score (nSPS) is 27.7. The summed E-state index contributed by atoms with van der Waals surface area (Å²) < 4.78 is 6.38. The molecular weight excluding hydrogens is 378 g/mol. The fourth-order valence-electron chi connectivity index (χ4n) is 4.64. The first-order valence-electron chi connectivity index (χ1n) is 9.42. The third-order valence-electron chi connectivity index (χ3n) is 5.78. The topological polar surface area (TPSA) is 88.6 Å². The van der Waals surface area contributed by atoms with E-state index in [4.69, 9.17) is 4.74 Å². The van der Waals surface area contributed by atoms with E-state index in [0.29, 0.717) is 11.7 Å². The minimum absolute atomic E-state index is 0.142. The Labute approximate surface area is 165 Å². The molecule has 144 valence electrons. The van der Waals surface area contributed by atoms with E-state index >= 15 is 0 Å². The van der Waals surface area contributed by atoms with Gasteiger partial charge in [-0.25, -0.2) is 4.98 Å². The Bertz CT molecular complexity index is 1000. The van der Waals surface area contributed by atoms with Gasteiger partial charge >= 0.3 is 0 Å². The molecule has 4 atom stereocenters. The average molecular weight is 397 g/mol. The van der Waals surface area contributed by atoms with E-state index in [1.165, 1.54) is 11.3 Å². The molecule has 2 aliphatic carbocycles. The van der Waals surface area contributed by atoms with Gasteiger partial charge in [-0.3, -0.25) is 19.3 Å². The molecule has 3 amide bonds. The molecule has 1 aromatic heterocycles. The molecule has 0 spiro atoms. The molecule has 1 saturated heterocycles. The maximum absolute atomic E-state index is 12.7. The van der Waals surface area contributed by atoms with Gasteiger partial charge < -0.3 is 10.1 Å². The number of nitrogens with zero attached hydrogens (tertiary/aromatic N) is 2. The standard InChI is InChI=1S/C20H19N3O4S/c1-2-27-12-5-6-13-14(8-12)28-20(21-13)22-15(24)9-23-18(25)16-10-3-4-11(7-10)17(16)19(23)26/h3-6,8,10-11,16-17H,2,7,9H2,1H3,(H,21,22,24). The van der Waals surface area contributed by atoms with Gasteiger partial charge in [-0.2, -0.15) is 0 Å². The maximum Gasteiger partial charge on any atom is 0.246 e. The van der Waals surface area contributed by atoms with Crippen LogP contribution in [0, 0.1) is 23.7 Å². The first kappa shape index (κ1) is 17.4. The zero-order chi connectivity index (χ0) is 19.4. The van der Waals surface area contributed by atoms with Gasteiger partial charge in [-0.15, -0.1) is 0 Å². The van der Waals surface area contributed by atoms with Crippen molar-refractivity contribution < 1.29 is 19.1 Å². The van der Waals surface area contributed by atoms with Gasteiger partial charge in [0.25, 0.3) is 0 Å². The number of nitrogens with one attached hydrogen (secondary N) is 1. The van der Waals surface area contributed by atoms with Crippen molar-refractivity contribution in [1.29, 1.82) is 0 Å². The van der Waals surface area contributed by atoms with E-state index in [1.807, 2.05) is 37.3 Å². The van der Waals surface area contributed by atoms with Gasteiger partial charge in [0.1, 0.15) is 12.3 Å². The highest BCUT2D eigenvalue weighted by atomic mass is 32.1. The van der Waals surface area contributed by atoms with Crippen LogP contribution in [0.3, 0.4) is 0 Å². The fraction of sp³-hybridized carbons (Fsp3) is 0.400. The van der Waals surface area contributed by atoms with Crippen LogP contribution in [0.1, 0.15) is 13.3 Å². The fourth-order valence-corrected chi connectivity index (χ4v) is 5.55. The number of ether oxygens (including phenoxy) is 1. The average Bonchev–Trinajstić information content (AvgIpc) is 3.41. The SMILES string of the molecule is CCOc1ccc2nc(NC(=O)CN3C(=O)C4C5C=CC(C5)C4C3=O)sc2c1. The Hall–Kier alpha value is -2.74. The number of hydrogen-bond acceptors (Lipinski definition) is 6. The molecule has 2 bridgehead atoms. The number of amides is 3. The van der Waals surface area contributed by atoms with Crippen molar-refractivity contribution in [2.45, 2.75) is 13.3 Å². The van der Waals surface area contributed by atoms with Crippen LogP contribution in [-0.4, -0.2) is 40.8 Å². The Kier molecular flexibility index (Phi) is 3.97. The van der Waals surface area contributed by atoms with Crippen molar-refractivity contribution in [2.24, 2.45) is 23.7 Å². The highest BCUT2D eigenvalue weighted by Crippen LogP contribution is 2.52. The summed E-state index contributed by atoms with van der Waals surface area (Å²) in [4.78, 5) is 43.3. The third kappa shape index (κ3) is 2.63. The van der Waals surface area contributed by atoms with Crippen molar-refractivity contribution >= 4 is 44.4 Å². The van der Waals surface area contributed by atoms with E-state index in [9.17, 15) is 14.4 Å². The molecule has 3 aliphatic rings. The van der Waals surface area contributed by atoms with E-state index in [2.05, 4.69) is 10.3 Å². The zero-order valence-electron chi connectivity index (χ0n) is 15.3. The summed E-state index contributed by atoms with van der Waals surface area (Å²) in [6.07, 6.45) is 4.96. The van der Waals surface area contributed by atoms with Gasteiger partial charge in [-0.05, 0) is 43.4 Å². The molecule has 0 radical (unpaired) electrons. The van der Waals surface area contributed by atoms with Crippen molar-refractivity contribution in [3.05, 3.63) is 30.4 Å². The molecule has 2 heterocycles. The molecule has 1 N–H and O–H groups in total. The minimum Gasteiger partial charge on any atom is -0.494 e. The molecule has 5 rings (SSSR count). The number of thiazole rings is 1. The van der Waals surface area contributed by atoms with Crippen LogP contribution >= 0.6 is 11.3 Å². The molecule has 1 saturated carbocycles. The van der Waals surface area contributed by atoms with Crippen LogP contribution in [-0.2, 0) is 14.4 Å². The van der Waals surface area contributed by atoms with Crippen LogP contribution in [0.25, 0.3) is 10.2 Å². The van der Waals surface area contributed by atoms with Crippen molar-refractivity contribution in [2.75, 3.05) is 18.5 Å². The summed E-state index contributed by atoms with van der Waals surface area (Å²) in [5, 5.41) is 3.16. The number of aromatic nitrogens is 1. The molecule has 2 fully saturated rings. The molecule has 2 aromatic rings. The van der Waals surface area contributed by atoms with Gasteiger partial charge in [0, 0.05) is 0 Å². The van der Waals surface area contributed by atoms with Crippen molar-refractivity contribution in [3.63, 3.8) is 0 Å². The lowest BCUT2D eigenvalue weighted by molar-refractivity contribution is -0.143. The van der Waals surface area contributed by atoms with Crippen LogP contribution in [0.2, 0.25) is 0 Å². The first-order valence-corrected chi connectivity index (χ1v) is 10.2. The summed E-state index contributed by atoms with van der Waals surface area (Å²) in [7, 11) is 0. The van der Waals surface area contributed by atoms with E-state index in [-0.39, 0.29) is 42.0 Å². The summed E-state index contributed by atoms with van der Waals surface area (Å²) in [6, 6.07) is 5.55. The van der Waals surface area contributed by atoms with Gasteiger partial charge in [0.2, 0.25) is 17.7 Å². The number of hydrogen-bond donors (Lipinski definition) is 1. The van der Waals surface area contributed by atoms with Crippen LogP contribution in [0.4, 0.5) is 5.13 Å². The molecule has 8 heteroatoms. The number of carbonyl (C=O) groups is 3. The summed E-state index contributed by atoms with van der Waals surface area (Å²) in [5.74, 6) is -0.373. The predicted molar refractivity (Wildman–Crippen MR) is 104 cm³/mol. The number of rotatable bonds is 5. The molecule has 4 unspecified atom stereocenters. The van der Waals surface area contributed by atoms with Gasteiger partial charge in [0.05, 0.1) is 28.7 Å². The molecular formula is C20H19N3O4S. The van der Waals surface area contributed by atoms with Crippen molar-refractivity contribution in [1.82, 2.24) is 9.88 Å². The van der Waals surface area contributed by atoms with E-state index < -0.39 is 5.91 Å². The molecule has 1 aliphatic heterocycles. The Balaban J connectivity index is 1.28. The lowest BCUT2D eigenvalue weighted by Gasteiger charge is -2.16. The second-order valence-electron chi connectivity index (χ2n) is 7.39. The third-order valence-corrected chi connectivity index (χ3v) is 6.71. The van der Waals surface area contributed by atoms with Gasteiger partial charge in [0.15, 0.2) is 5.13 Å². The number of benzene rings is 1. The van der Waals surface area contributed by atoms with Crippen molar-refractivity contribution in [3.8, 4) is 5.75 Å². The number of imide groups is 1. The van der Waals surface area contributed by atoms with Crippen LogP contribution in [0.15, 0.2) is 30.4 Å². The number of allylic oxidation sites excluding steroid dienone is 2. The Morgan fingerprint density at radius 2 is 1.96 bits per heavy atom. The summed E-state index contributed by atoms with van der Waals surface area (Å²) in [5.41, 5.74) is 0.759. The maximum atomic E-state index is 12.7. The lowest BCUT2D eigenvalue weighted by atomic mass is 9.85. The molecule has 1 aromatic carbocycles. The smallest absolute Gasteiger partial charge is 0.246 e. The number of likely N-dealkylation sites (tertiary alicyclic amines) is 1. The quantitative estimate of drug-likeness (QED) is 0.618. The second-order valence-corrected chi connectivity index (χ2v) is 8.42. The highest BCUT2D eigenvalue weighted by molar-refractivity contribution is 7.22. The van der Waals surface area contributed by atoms with Gasteiger partial charge in [-0.1, -0.05) is 23.5 Å². The first-order chi connectivity index (χ1) is 13.5. The number of fused-ring (bicyclic) bond motifs is 6. The number of anilines is 1. The van der Waals surface area contributed by atoms with Crippen LogP contribution in [0.5, 0.6) is 5.75 Å². The second kappa shape index (κ2) is 6.41. The summed E-state index contributed by atoms with van der Waals surface area (Å²) in [6.45, 7) is 2.23.